The van der Waals surface area contributed by atoms with E-state index in [0.29, 0.717) is 17.9 Å². The van der Waals surface area contributed by atoms with E-state index in [-0.39, 0.29) is 5.82 Å². The maximum atomic E-state index is 12.8. The molecule has 3 rings (SSSR count). The van der Waals surface area contributed by atoms with Gasteiger partial charge < -0.3 is 0 Å². The highest BCUT2D eigenvalue weighted by Crippen LogP contribution is 2.23. The standard InChI is InChI=1S/C14H10FN5OS/c15-11-3-4-12(16-7-11)8-20-9-14(17-18-20)10-1-5-13(6-2-10)22-19-21/h1-7,9H,8H2. The molecule has 0 aliphatic heterocycles. The largest absolute Gasteiger partial charge is 0.256 e. The Morgan fingerprint density at radius 2 is 2.00 bits per heavy atom. The molecule has 0 bridgehead atoms. The van der Waals surface area contributed by atoms with Gasteiger partial charge in [0.25, 0.3) is 0 Å². The number of nitrogens with zero attached hydrogens (tertiary/aromatic N) is 5. The van der Waals surface area contributed by atoms with Crippen molar-refractivity contribution < 1.29 is 4.39 Å². The maximum Gasteiger partial charge on any atom is 0.141 e. The third-order valence-electron chi connectivity index (χ3n) is 2.94. The Hall–Kier alpha value is -2.61. The average molecular weight is 315 g/mol. The number of hydrogen-bond acceptors (Lipinski definition) is 6. The van der Waals surface area contributed by atoms with Gasteiger partial charge in [-0.05, 0) is 24.3 Å². The molecule has 0 radical (unpaired) electrons. The summed E-state index contributed by atoms with van der Waals surface area (Å²) in [6.45, 7) is 0.413. The molecule has 0 aliphatic rings. The van der Waals surface area contributed by atoms with Crippen LogP contribution in [0.3, 0.4) is 0 Å². The lowest BCUT2D eigenvalue weighted by atomic mass is 10.2. The van der Waals surface area contributed by atoms with Gasteiger partial charge in [0.2, 0.25) is 0 Å². The van der Waals surface area contributed by atoms with E-state index >= 15 is 0 Å². The number of rotatable bonds is 5. The topological polar surface area (TPSA) is 73.0 Å². The van der Waals surface area contributed by atoms with Crippen LogP contribution in [0.15, 0.2) is 58.3 Å². The quantitative estimate of drug-likeness (QED) is 0.533. The van der Waals surface area contributed by atoms with Crippen molar-refractivity contribution in [2.24, 2.45) is 4.58 Å². The molecule has 22 heavy (non-hydrogen) atoms. The van der Waals surface area contributed by atoms with Crippen LogP contribution in [0.1, 0.15) is 5.69 Å². The Morgan fingerprint density at radius 3 is 2.68 bits per heavy atom. The smallest absolute Gasteiger partial charge is 0.141 e. The number of benzene rings is 1. The lowest BCUT2D eigenvalue weighted by molar-refractivity contribution is 0.607. The molecule has 2 heterocycles. The second-order valence-corrected chi connectivity index (χ2v) is 5.26. The fourth-order valence-corrected chi connectivity index (χ4v) is 2.25. The summed E-state index contributed by atoms with van der Waals surface area (Å²) in [7, 11) is 0. The van der Waals surface area contributed by atoms with Gasteiger partial charge in [-0.15, -0.1) is 10.0 Å². The van der Waals surface area contributed by atoms with Crippen molar-refractivity contribution in [2.75, 3.05) is 0 Å². The van der Waals surface area contributed by atoms with Crippen LogP contribution < -0.4 is 0 Å². The van der Waals surface area contributed by atoms with Gasteiger partial charge in [0, 0.05) is 15.0 Å². The fourth-order valence-electron chi connectivity index (χ4n) is 1.90. The predicted octanol–water partition coefficient (Wildman–Crippen LogP) is 3.30. The molecule has 0 spiro atoms. The first kappa shape index (κ1) is 14.3. The van der Waals surface area contributed by atoms with Gasteiger partial charge in [-0.2, -0.15) is 0 Å². The number of halogens is 1. The maximum absolute atomic E-state index is 12.8. The minimum Gasteiger partial charge on any atom is -0.256 e. The van der Waals surface area contributed by atoms with E-state index in [9.17, 15) is 9.30 Å². The van der Waals surface area contributed by atoms with Crippen molar-refractivity contribution in [1.82, 2.24) is 20.0 Å². The molecule has 6 nitrogen and oxygen atoms in total. The summed E-state index contributed by atoms with van der Waals surface area (Å²) in [5, 5.41) is 8.12. The normalized spacial score (nSPS) is 10.6. The van der Waals surface area contributed by atoms with Crippen LogP contribution in [0.4, 0.5) is 4.39 Å². The van der Waals surface area contributed by atoms with E-state index in [0.717, 1.165) is 22.4 Å². The van der Waals surface area contributed by atoms with E-state index in [1.807, 2.05) is 12.1 Å². The van der Waals surface area contributed by atoms with E-state index in [1.54, 1.807) is 29.1 Å². The zero-order chi connectivity index (χ0) is 15.4. The van der Waals surface area contributed by atoms with Crippen molar-refractivity contribution in [3.8, 4) is 11.3 Å². The van der Waals surface area contributed by atoms with E-state index in [4.69, 9.17) is 0 Å². The highest BCUT2D eigenvalue weighted by atomic mass is 32.2. The van der Waals surface area contributed by atoms with E-state index in [2.05, 4.69) is 19.9 Å². The van der Waals surface area contributed by atoms with Crippen molar-refractivity contribution in [3.05, 3.63) is 65.2 Å². The molecule has 0 N–H and O–H groups in total. The Kier molecular flexibility index (Phi) is 4.19. The first-order valence-electron chi connectivity index (χ1n) is 6.35. The van der Waals surface area contributed by atoms with Gasteiger partial charge in [0.1, 0.15) is 11.5 Å². The fraction of sp³-hybridized carbons (Fsp3) is 0.0714. The van der Waals surface area contributed by atoms with Gasteiger partial charge in [-0.3, -0.25) is 4.98 Å². The highest BCUT2D eigenvalue weighted by Gasteiger charge is 2.05. The molecular weight excluding hydrogens is 305 g/mol. The Labute approximate surface area is 129 Å². The van der Waals surface area contributed by atoms with Crippen LogP contribution in [-0.2, 0) is 6.54 Å². The zero-order valence-corrected chi connectivity index (χ0v) is 12.1. The van der Waals surface area contributed by atoms with Crippen molar-refractivity contribution in [1.29, 1.82) is 0 Å². The number of nitroso groups, excluding NO2 is 1. The molecule has 0 unspecified atom stereocenters. The molecule has 8 heteroatoms. The number of hydrogen-bond donors (Lipinski definition) is 0. The Balaban J connectivity index is 1.75. The second kappa shape index (κ2) is 6.44. The summed E-state index contributed by atoms with van der Waals surface area (Å²) in [4.78, 5) is 14.9. The van der Waals surface area contributed by atoms with Crippen molar-refractivity contribution in [2.45, 2.75) is 11.4 Å². The molecule has 110 valence electrons. The monoisotopic (exact) mass is 315 g/mol. The van der Waals surface area contributed by atoms with Crippen LogP contribution in [0.25, 0.3) is 11.3 Å². The highest BCUT2D eigenvalue weighted by molar-refractivity contribution is 7.98. The summed E-state index contributed by atoms with van der Waals surface area (Å²) >= 11 is 0.877. The number of aromatic nitrogens is 4. The molecule has 0 atom stereocenters. The van der Waals surface area contributed by atoms with Gasteiger partial charge >= 0.3 is 0 Å². The van der Waals surface area contributed by atoms with Crippen molar-refractivity contribution in [3.63, 3.8) is 0 Å². The molecule has 0 saturated heterocycles. The molecule has 0 amide bonds. The summed E-state index contributed by atoms with van der Waals surface area (Å²) in [5.41, 5.74) is 2.29. The van der Waals surface area contributed by atoms with Crippen LogP contribution in [0.5, 0.6) is 0 Å². The van der Waals surface area contributed by atoms with Gasteiger partial charge in [-0.25, -0.2) is 9.07 Å². The summed E-state index contributed by atoms with van der Waals surface area (Å²) in [6, 6.07) is 10.2. The van der Waals surface area contributed by atoms with Crippen LogP contribution in [-0.4, -0.2) is 20.0 Å². The average Bonchev–Trinajstić information content (AvgIpc) is 2.99. The van der Waals surface area contributed by atoms with Gasteiger partial charge in [0.05, 0.1) is 36.6 Å². The van der Waals surface area contributed by atoms with Crippen LogP contribution in [0, 0.1) is 10.7 Å². The summed E-state index contributed by atoms with van der Waals surface area (Å²) in [5.74, 6) is -0.370. The second-order valence-electron chi connectivity index (χ2n) is 4.46. The SMILES string of the molecule is O=NSc1ccc(-c2cn(Cc3ccc(F)cn3)nn2)cc1. The molecular formula is C14H10FN5OS. The lowest BCUT2D eigenvalue weighted by Gasteiger charge is -1.99. The zero-order valence-electron chi connectivity index (χ0n) is 11.3. The van der Waals surface area contributed by atoms with Crippen LogP contribution in [0.2, 0.25) is 0 Å². The molecule has 1 aromatic carbocycles. The third-order valence-corrected chi connectivity index (χ3v) is 3.50. The molecule has 0 fully saturated rings. The first-order valence-corrected chi connectivity index (χ1v) is 7.12. The molecule has 0 saturated carbocycles. The lowest BCUT2D eigenvalue weighted by Crippen LogP contribution is -2.02. The van der Waals surface area contributed by atoms with E-state index in [1.165, 1.54) is 12.3 Å². The Morgan fingerprint density at radius 1 is 1.18 bits per heavy atom. The third kappa shape index (κ3) is 3.34. The van der Waals surface area contributed by atoms with E-state index < -0.39 is 0 Å². The van der Waals surface area contributed by atoms with Gasteiger partial charge in [-0.1, -0.05) is 17.3 Å². The number of pyridine rings is 1. The van der Waals surface area contributed by atoms with Gasteiger partial charge in [0.15, 0.2) is 0 Å². The minimum absolute atomic E-state index is 0.370. The first-order chi connectivity index (χ1) is 10.7. The summed E-state index contributed by atoms with van der Waals surface area (Å²) in [6.07, 6.45) is 2.95. The van der Waals surface area contributed by atoms with Crippen molar-refractivity contribution >= 4 is 11.9 Å². The van der Waals surface area contributed by atoms with Crippen LogP contribution >= 0.6 is 11.9 Å². The minimum atomic E-state index is -0.370. The molecule has 2 aromatic heterocycles. The summed E-state index contributed by atoms with van der Waals surface area (Å²) < 4.78 is 17.2. The molecule has 3 aromatic rings. The molecule has 0 aliphatic carbocycles. The predicted molar refractivity (Wildman–Crippen MR) is 80.4 cm³/mol. The Bertz CT molecular complexity index is 773.